The van der Waals surface area contributed by atoms with Gasteiger partial charge < -0.3 is 10.5 Å². The Morgan fingerprint density at radius 3 is 2.70 bits per heavy atom. The summed E-state index contributed by atoms with van der Waals surface area (Å²) >= 11 is 0. The van der Waals surface area contributed by atoms with Crippen LogP contribution in [0.25, 0.3) is 0 Å². The second-order valence-electron chi connectivity index (χ2n) is 6.38. The lowest BCUT2D eigenvalue weighted by atomic mass is 9.86. The Morgan fingerprint density at radius 1 is 1.17 bits per heavy atom. The van der Waals surface area contributed by atoms with Crippen LogP contribution >= 0.6 is 0 Å². The van der Waals surface area contributed by atoms with Gasteiger partial charge in [-0.1, -0.05) is 60.7 Å². The summed E-state index contributed by atoms with van der Waals surface area (Å²) in [5, 5.41) is 0. The Hall–Kier alpha value is -1.68. The van der Waals surface area contributed by atoms with E-state index in [0.29, 0.717) is 12.5 Å². The molecule has 4 atom stereocenters. The average Bonchev–Trinajstić information content (AvgIpc) is 2.56. The molecule has 122 valence electrons. The Bertz CT molecular complexity index is 605. The minimum Gasteiger partial charge on any atom is -0.366 e. The molecule has 0 aromatic heterocycles. The molecule has 23 heavy (non-hydrogen) atoms. The third-order valence-corrected chi connectivity index (χ3v) is 4.57. The van der Waals surface area contributed by atoms with Crippen LogP contribution in [0.15, 0.2) is 66.3 Å². The highest BCUT2D eigenvalue weighted by atomic mass is 16.5. The Labute approximate surface area is 139 Å². The molecule has 4 unspecified atom stereocenters. The molecule has 1 aromatic carbocycles. The predicted molar refractivity (Wildman–Crippen MR) is 95.1 cm³/mol. The van der Waals surface area contributed by atoms with Crippen molar-refractivity contribution in [1.82, 2.24) is 4.90 Å². The van der Waals surface area contributed by atoms with E-state index in [1.165, 1.54) is 11.1 Å². The van der Waals surface area contributed by atoms with Gasteiger partial charge in [0.1, 0.15) is 0 Å². The maximum absolute atomic E-state index is 5.98. The molecular weight excluding hydrogens is 284 g/mol. The number of hydrogen-bond donors (Lipinski definition) is 1. The molecule has 1 heterocycles. The predicted octanol–water partition coefficient (Wildman–Crippen LogP) is 3.07. The fraction of sp³-hybridized carbons (Fsp3) is 0.400. The molecule has 2 N–H and O–H groups in total. The van der Waals surface area contributed by atoms with Crippen molar-refractivity contribution in [2.24, 2.45) is 11.7 Å². The molecule has 0 fully saturated rings. The normalized spacial score (nSPS) is 27.7. The number of nitrogens with two attached hydrogens (primary N) is 1. The van der Waals surface area contributed by atoms with Gasteiger partial charge in [0, 0.05) is 19.0 Å². The maximum atomic E-state index is 5.98. The maximum Gasteiger partial charge on any atom is 0.0864 e. The molecule has 0 amide bonds. The molecule has 0 saturated heterocycles. The number of benzene rings is 1. The van der Waals surface area contributed by atoms with Crippen LogP contribution in [0.4, 0.5) is 0 Å². The number of fused-ring (bicyclic) bond motifs is 1. The summed E-state index contributed by atoms with van der Waals surface area (Å²) in [5.74, 6) is 0.323. The molecule has 0 bridgehead atoms. The van der Waals surface area contributed by atoms with E-state index in [-0.39, 0.29) is 18.2 Å². The van der Waals surface area contributed by atoms with E-state index in [2.05, 4.69) is 79.6 Å². The van der Waals surface area contributed by atoms with Gasteiger partial charge in [-0.25, -0.2) is 0 Å². The number of likely N-dealkylation sites (N-methyl/N-ethyl adjacent to an activating group) is 1. The number of ether oxygens (including phenoxy) is 1. The van der Waals surface area contributed by atoms with Gasteiger partial charge >= 0.3 is 0 Å². The van der Waals surface area contributed by atoms with Gasteiger partial charge in [0.2, 0.25) is 0 Å². The van der Waals surface area contributed by atoms with Gasteiger partial charge in [-0.3, -0.25) is 4.90 Å². The highest BCUT2D eigenvalue weighted by Crippen LogP contribution is 2.34. The molecule has 0 radical (unpaired) electrons. The molecular formula is C20H26N2O. The Morgan fingerprint density at radius 2 is 1.96 bits per heavy atom. The summed E-state index contributed by atoms with van der Waals surface area (Å²) in [6.45, 7) is 3.60. The SMILES string of the molecule is CC1C=CC2C=C(C(c3ccccc3)N(C)CCN)C=CC2O1. The first-order valence-electron chi connectivity index (χ1n) is 8.38. The zero-order valence-corrected chi connectivity index (χ0v) is 13.9. The Kier molecular flexibility index (Phi) is 5.11. The smallest absolute Gasteiger partial charge is 0.0864 e. The molecule has 2 aliphatic rings. The van der Waals surface area contributed by atoms with Crippen LogP contribution in [0.2, 0.25) is 0 Å². The Balaban J connectivity index is 1.91. The van der Waals surface area contributed by atoms with Gasteiger partial charge in [0.25, 0.3) is 0 Å². The van der Waals surface area contributed by atoms with Crippen molar-refractivity contribution in [3.05, 3.63) is 71.8 Å². The van der Waals surface area contributed by atoms with E-state index in [1.54, 1.807) is 0 Å². The minimum absolute atomic E-state index is 0.162. The summed E-state index contributed by atoms with van der Waals surface area (Å²) in [6.07, 6.45) is 11.5. The largest absolute Gasteiger partial charge is 0.366 e. The van der Waals surface area contributed by atoms with E-state index in [1.807, 2.05) is 0 Å². The van der Waals surface area contributed by atoms with Crippen molar-refractivity contribution in [2.45, 2.75) is 25.2 Å². The lowest BCUT2D eigenvalue weighted by molar-refractivity contribution is 0.0258. The summed E-state index contributed by atoms with van der Waals surface area (Å²) < 4.78 is 5.98. The minimum atomic E-state index is 0.162. The first-order valence-corrected chi connectivity index (χ1v) is 8.38. The third kappa shape index (κ3) is 3.63. The first kappa shape index (κ1) is 16.2. The van der Waals surface area contributed by atoms with Crippen molar-refractivity contribution in [1.29, 1.82) is 0 Å². The zero-order valence-electron chi connectivity index (χ0n) is 13.9. The highest BCUT2D eigenvalue weighted by Gasteiger charge is 2.28. The van der Waals surface area contributed by atoms with Crippen LogP contribution in [0.3, 0.4) is 0 Å². The van der Waals surface area contributed by atoms with Gasteiger partial charge in [-0.15, -0.1) is 0 Å². The topological polar surface area (TPSA) is 38.5 Å². The molecule has 3 rings (SSSR count). The van der Waals surface area contributed by atoms with Gasteiger partial charge in [0.15, 0.2) is 0 Å². The van der Waals surface area contributed by atoms with Crippen LogP contribution in [-0.2, 0) is 4.74 Å². The zero-order chi connectivity index (χ0) is 16.2. The molecule has 3 heteroatoms. The lowest BCUT2D eigenvalue weighted by Crippen LogP contribution is -2.34. The highest BCUT2D eigenvalue weighted by molar-refractivity contribution is 5.39. The molecule has 1 aromatic rings. The second kappa shape index (κ2) is 7.26. The van der Waals surface area contributed by atoms with Crippen LogP contribution in [-0.4, -0.2) is 37.2 Å². The summed E-state index contributed by atoms with van der Waals surface area (Å²) in [4.78, 5) is 2.32. The molecule has 1 aliphatic heterocycles. The standard InChI is InChI=1S/C20H26N2O/c1-15-8-9-17-14-18(10-11-19(17)23-15)20(22(2)13-12-21)16-6-4-3-5-7-16/h3-11,14-15,17,19-20H,12-13,21H2,1-2H3. The van der Waals surface area contributed by atoms with Crippen molar-refractivity contribution in [3.63, 3.8) is 0 Å². The van der Waals surface area contributed by atoms with Gasteiger partial charge in [-0.05, 0) is 25.1 Å². The molecule has 0 spiro atoms. The van der Waals surface area contributed by atoms with Crippen molar-refractivity contribution < 1.29 is 4.74 Å². The van der Waals surface area contributed by atoms with E-state index in [9.17, 15) is 0 Å². The summed E-state index contributed by atoms with van der Waals surface area (Å²) in [5.41, 5.74) is 8.40. The third-order valence-electron chi connectivity index (χ3n) is 4.57. The van der Waals surface area contributed by atoms with E-state index in [0.717, 1.165) is 6.54 Å². The number of hydrogen-bond acceptors (Lipinski definition) is 3. The molecule has 1 aliphatic carbocycles. The van der Waals surface area contributed by atoms with Crippen LogP contribution in [0.5, 0.6) is 0 Å². The summed E-state index contributed by atoms with van der Waals surface area (Å²) in [6, 6.07) is 10.9. The average molecular weight is 310 g/mol. The van der Waals surface area contributed by atoms with Crippen LogP contribution in [0.1, 0.15) is 18.5 Å². The van der Waals surface area contributed by atoms with Crippen LogP contribution in [0, 0.1) is 5.92 Å². The van der Waals surface area contributed by atoms with Gasteiger partial charge in [-0.2, -0.15) is 0 Å². The number of nitrogens with zero attached hydrogens (tertiary/aromatic N) is 1. The fourth-order valence-electron chi connectivity index (χ4n) is 3.44. The van der Waals surface area contributed by atoms with Crippen molar-refractivity contribution >= 4 is 0 Å². The monoisotopic (exact) mass is 310 g/mol. The summed E-state index contributed by atoms with van der Waals surface area (Å²) in [7, 11) is 2.14. The molecule has 0 saturated carbocycles. The number of rotatable bonds is 5. The van der Waals surface area contributed by atoms with Crippen LogP contribution < -0.4 is 5.73 Å². The molecule has 3 nitrogen and oxygen atoms in total. The first-order chi connectivity index (χ1) is 11.2. The second-order valence-corrected chi connectivity index (χ2v) is 6.38. The quantitative estimate of drug-likeness (QED) is 0.850. The fourth-order valence-corrected chi connectivity index (χ4v) is 3.44. The van der Waals surface area contributed by atoms with E-state index < -0.39 is 0 Å². The van der Waals surface area contributed by atoms with Crippen molar-refractivity contribution in [2.75, 3.05) is 20.1 Å². The van der Waals surface area contributed by atoms with E-state index in [4.69, 9.17) is 10.5 Å². The van der Waals surface area contributed by atoms with Gasteiger partial charge in [0.05, 0.1) is 18.2 Å². The van der Waals surface area contributed by atoms with E-state index >= 15 is 0 Å². The van der Waals surface area contributed by atoms with Crippen molar-refractivity contribution in [3.8, 4) is 0 Å². The lowest BCUT2D eigenvalue weighted by Gasteiger charge is -2.35.